The van der Waals surface area contributed by atoms with Gasteiger partial charge in [0.15, 0.2) is 11.5 Å². The summed E-state index contributed by atoms with van der Waals surface area (Å²) < 4.78 is 15.9. The molecule has 0 radical (unpaired) electrons. The van der Waals surface area contributed by atoms with Crippen molar-refractivity contribution in [2.45, 2.75) is 26.4 Å². The van der Waals surface area contributed by atoms with Crippen molar-refractivity contribution in [3.8, 4) is 17.2 Å². The third-order valence-corrected chi connectivity index (χ3v) is 3.49. The number of rotatable bonds is 8. The van der Waals surface area contributed by atoms with E-state index in [1.807, 2.05) is 19.1 Å². The maximum atomic E-state index is 9.14. The molecule has 0 aliphatic heterocycles. The number of aliphatic hydroxyl groups excluding tert-OH is 1. The van der Waals surface area contributed by atoms with Crippen molar-refractivity contribution in [1.29, 1.82) is 0 Å². The number of hydrogen-bond acceptors (Lipinski definition) is 5. The van der Waals surface area contributed by atoms with Crippen LogP contribution in [0, 0.1) is 5.92 Å². The summed E-state index contributed by atoms with van der Waals surface area (Å²) in [5, 5.41) is 12.5. The van der Waals surface area contributed by atoms with Crippen LogP contribution in [-0.2, 0) is 6.54 Å². The number of aliphatic hydroxyl groups is 1. The Balaban J connectivity index is 2.86. The lowest BCUT2D eigenvalue weighted by Crippen LogP contribution is -2.33. The fourth-order valence-corrected chi connectivity index (χ4v) is 1.88. The Bertz CT molecular complexity index is 397. The average molecular weight is 283 g/mol. The molecule has 0 bridgehead atoms. The monoisotopic (exact) mass is 283 g/mol. The zero-order valence-corrected chi connectivity index (χ0v) is 12.9. The first-order valence-electron chi connectivity index (χ1n) is 6.70. The van der Waals surface area contributed by atoms with E-state index in [1.165, 1.54) is 0 Å². The summed E-state index contributed by atoms with van der Waals surface area (Å²) in [6, 6.07) is 4.06. The molecule has 2 unspecified atom stereocenters. The fraction of sp³-hybridized carbons (Fsp3) is 0.600. The Kier molecular flexibility index (Phi) is 6.61. The van der Waals surface area contributed by atoms with Crippen molar-refractivity contribution in [2.24, 2.45) is 5.92 Å². The summed E-state index contributed by atoms with van der Waals surface area (Å²) in [5.74, 6) is 2.09. The van der Waals surface area contributed by atoms with E-state index in [1.54, 1.807) is 21.3 Å². The number of ether oxygens (including phenoxy) is 3. The van der Waals surface area contributed by atoms with Crippen LogP contribution in [0.3, 0.4) is 0 Å². The average Bonchev–Trinajstić information content (AvgIpc) is 2.50. The van der Waals surface area contributed by atoms with Crippen molar-refractivity contribution >= 4 is 0 Å². The minimum Gasteiger partial charge on any atom is -0.493 e. The molecular formula is C15H25NO4. The smallest absolute Gasteiger partial charge is 0.203 e. The molecule has 0 spiro atoms. The van der Waals surface area contributed by atoms with E-state index in [9.17, 15) is 0 Å². The number of benzene rings is 1. The van der Waals surface area contributed by atoms with E-state index in [0.717, 1.165) is 5.56 Å². The lowest BCUT2D eigenvalue weighted by Gasteiger charge is -2.20. The van der Waals surface area contributed by atoms with E-state index >= 15 is 0 Å². The maximum absolute atomic E-state index is 9.14. The third kappa shape index (κ3) is 4.02. The molecule has 0 amide bonds. The normalized spacial score (nSPS) is 13.7. The molecule has 2 atom stereocenters. The van der Waals surface area contributed by atoms with Gasteiger partial charge in [0.2, 0.25) is 5.75 Å². The van der Waals surface area contributed by atoms with Crippen molar-refractivity contribution < 1.29 is 19.3 Å². The molecule has 2 N–H and O–H groups in total. The summed E-state index contributed by atoms with van der Waals surface area (Å²) in [6.07, 6.45) is 0. The van der Waals surface area contributed by atoms with Crippen LogP contribution >= 0.6 is 0 Å². The number of hydrogen-bond donors (Lipinski definition) is 2. The minimum absolute atomic E-state index is 0.170. The molecule has 0 saturated carbocycles. The van der Waals surface area contributed by atoms with Crippen molar-refractivity contribution in [3.63, 3.8) is 0 Å². The number of nitrogens with one attached hydrogen (secondary N) is 1. The first-order chi connectivity index (χ1) is 9.57. The molecule has 0 aliphatic rings. The standard InChI is InChI=1S/C15H25NO4/c1-10(9-17)11(2)16-8-12-6-13(18-3)15(20-5)14(7-12)19-4/h6-7,10-11,16-17H,8-9H2,1-5H3. The fourth-order valence-electron chi connectivity index (χ4n) is 1.88. The Hall–Kier alpha value is -1.46. The van der Waals surface area contributed by atoms with E-state index in [0.29, 0.717) is 23.8 Å². The topological polar surface area (TPSA) is 60.0 Å². The molecule has 0 saturated heterocycles. The minimum atomic E-state index is 0.170. The van der Waals surface area contributed by atoms with Gasteiger partial charge in [0, 0.05) is 19.2 Å². The first kappa shape index (κ1) is 16.6. The maximum Gasteiger partial charge on any atom is 0.203 e. The van der Waals surface area contributed by atoms with Crippen LogP contribution in [0.5, 0.6) is 17.2 Å². The van der Waals surface area contributed by atoms with Gasteiger partial charge in [0.05, 0.1) is 21.3 Å². The second kappa shape index (κ2) is 7.97. The highest BCUT2D eigenvalue weighted by Crippen LogP contribution is 2.38. The van der Waals surface area contributed by atoms with Gasteiger partial charge in [0.25, 0.3) is 0 Å². The van der Waals surface area contributed by atoms with Gasteiger partial charge in [-0.25, -0.2) is 0 Å². The lowest BCUT2D eigenvalue weighted by molar-refractivity contribution is 0.207. The zero-order valence-electron chi connectivity index (χ0n) is 12.9. The number of methoxy groups -OCH3 is 3. The molecule has 0 aromatic heterocycles. The van der Waals surface area contributed by atoms with E-state index in [4.69, 9.17) is 19.3 Å². The van der Waals surface area contributed by atoms with Crippen molar-refractivity contribution in [2.75, 3.05) is 27.9 Å². The highest BCUT2D eigenvalue weighted by Gasteiger charge is 2.14. The van der Waals surface area contributed by atoms with E-state index < -0.39 is 0 Å². The van der Waals surface area contributed by atoms with E-state index in [2.05, 4.69) is 12.2 Å². The summed E-state index contributed by atoms with van der Waals surface area (Å²) in [5.41, 5.74) is 1.04. The highest BCUT2D eigenvalue weighted by atomic mass is 16.5. The lowest BCUT2D eigenvalue weighted by atomic mass is 10.0. The van der Waals surface area contributed by atoms with Gasteiger partial charge in [-0.15, -0.1) is 0 Å². The molecule has 1 aromatic rings. The SMILES string of the molecule is COc1cc(CNC(C)C(C)CO)cc(OC)c1OC. The quantitative estimate of drug-likeness (QED) is 0.762. The summed E-state index contributed by atoms with van der Waals surface area (Å²) in [4.78, 5) is 0. The molecular weight excluding hydrogens is 258 g/mol. The van der Waals surface area contributed by atoms with Gasteiger partial charge in [-0.2, -0.15) is 0 Å². The van der Waals surface area contributed by atoms with Gasteiger partial charge in [-0.3, -0.25) is 0 Å². The predicted molar refractivity (Wildman–Crippen MR) is 78.6 cm³/mol. The second-order valence-electron chi connectivity index (χ2n) is 4.86. The van der Waals surface area contributed by atoms with Gasteiger partial charge in [0.1, 0.15) is 0 Å². The van der Waals surface area contributed by atoms with Crippen LogP contribution in [0.25, 0.3) is 0 Å². The van der Waals surface area contributed by atoms with Crippen LogP contribution in [0.15, 0.2) is 12.1 Å². The van der Waals surface area contributed by atoms with Crippen LogP contribution < -0.4 is 19.5 Å². The van der Waals surface area contributed by atoms with Gasteiger partial charge < -0.3 is 24.6 Å². The van der Waals surface area contributed by atoms with Gasteiger partial charge in [-0.05, 0) is 30.5 Å². The second-order valence-corrected chi connectivity index (χ2v) is 4.86. The third-order valence-electron chi connectivity index (χ3n) is 3.49. The summed E-state index contributed by atoms with van der Waals surface area (Å²) in [7, 11) is 4.79. The highest BCUT2D eigenvalue weighted by molar-refractivity contribution is 5.53. The predicted octanol–water partition coefficient (Wildman–Crippen LogP) is 1.82. The molecule has 0 fully saturated rings. The molecule has 5 heteroatoms. The Morgan fingerprint density at radius 1 is 1.05 bits per heavy atom. The summed E-state index contributed by atoms with van der Waals surface area (Å²) in [6.45, 7) is 4.90. The van der Waals surface area contributed by atoms with Crippen molar-refractivity contribution in [3.05, 3.63) is 17.7 Å². The Morgan fingerprint density at radius 3 is 2.00 bits per heavy atom. The molecule has 114 valence electrons. The molecule has 0 aliphatic carbocycles. The Labute approximate surface area is 120 Å². The molecule has 20 heavy (non-hydrogen) atoms. The zero-order chi connectivity index (χ0) is 15.1. The largest absolute Gasteiger partial charge is 0.493 e. The van der Waals surface area contributed by atoms with E-state index in [-0.39, 0.29) is 18.6 Å². The van der Waals surface area contributed by atoms with Crippen LogP contribution in [0.1, 0.15) is 19.4 Å². The summed E-state index contributed by atoms with van der Waals surface area (Å²) >= 11 is 0. The van der Waals surface area contributed by atoms with Crippen LogP contribution in [0.4, 0.5) is 0 Å². The molecule has 0 heterocycles. The Morgan fingerprint density at radius 2 is 1.60 bits per heavy atom. The van der Waals surface area contributed by atoms with Gasteiger partial charge >= 0.3 is 0 Å². The van der Waals surface area contributed by atoms with Crippen LogP contribution in [-0.4, -0.2) is 39.1 Å². The molecule has 1 aromatic carbocycles. The van der Waals surface area contributed by atoms with Crippen molar-refractivity contribution in [1.82, 2.24) is 5.32 Å². The first-order valence-corrected chi connectivity index (χ1v) is 6.70. The van der Waals surface area contributed by atoms with Gasteiger partial charge in [-0.1, -0.05) is 6.92 Å². The molecule has 5 nitrogen and oxygen atoms in total. The van der Waals surface area contributed by atoms with Crippen LogP contribution in [0.2, 0.25) is 0 Å². The molecule has 1 rings (SSSR count).